The van der Waals surface area contributed by atoms with E-state index in [9.17, 15) is 14.7 Å². The monoisotopic (exact) mass is 514 g/mol. The van der Waals surface area contributed by atoms with Crippen LogP contribution in [0, 0.1) is 6.92 Å². The van der Waals surface area contributed by atoms with Gasteiger partial charge in [-0.25, -0.2) is 9.78 Å². The predicted molar refractivity (Wildman–Crippen MR) is 142 cm³/mol. The van der Waals surface area contributed by atoms with Crippen molar-refractivity contribution in [3.05, 3.63) is 118 Å². The fourth-order valence-electron chi connectivity index (χ4n) is 4.98. The zero-order chi connectivity index (χ0) is 26.1. The highest BCUT2D eigenvalue weighted by atomic mass is 35.5. The summed E-state index contributed by atoms with van der Waals surface area (Å²) in [5, 5.41) is 10.7. The normalized spacial score (nSPS) is 15.7. The number of halogens is 1. The molecule has 0 saturated carbocycles. The molecule has 1 aromatic heterocycles. The number of carboxylic acid groups (broad SMARTS) is 1. The molecule has 7 nitrogen and oxygen atoms in total. The first-order valence-corrected chi connectivity index (χ1v) is 12.4. The smallest absolute Gasteiger partial charge is 0.326 e. The second kappa shape index (κ2) is 10.1. The number of carbonyl (C=O) groups excluding carboxylic acids is 1. The van der Waals surface area contributed by atoms with Crippen molar-refractivity contribution in [3.63, 3.8) is 0 Å². The lowest BCUT2D eigenvalue weighted by atomic mass is 9.88. The first-order chi connectivity index (χ1) is 17.8. The van der Waals surface area contributed by atoms with E-state index in [1.807, 2.05) is 66.1 Å². The fraction of sp³-hybridized carbons (Fsp3) is 0.207. The molecule has 0 saturated heterocycles. The molecule has 0 bridgehead atoms. The number of amides is 1. The van der Waals surface area contributed by atoms with E-state index in [0.29, 0.717) is 22.8 Å². The molecule has 1 amide bonds. The van der Waals surface area contributed by atoms with Crippen molar-refractivity contribution in [2.24, 2.45) is 0 Å². The molecule has 0 radical (unpaired) electrons. The number of carboxylic acids is 1. The molecule has 37 heavy (non-hydrogen) atoms. The Bertz CT molecular complexity index is 1470. The maximum Gasteiger partial charge on any atom is 0.326 e. The van der Waals surface area contributed by atoms with Crippen LogP contribution in [-0.2, 0) is 29.1 Å². The van der Waals surface area contributed by atoms with Crippen LogP contribution in [0.25, 0.3) is 0 Å². The molecule has 8 heteroatoms. The van der Waals surface area contributed by atoms with Crippen LogP contribution in [0.4, 0.5) is 5.69 Å². The summed E-state index contributed by atoms with van der Waals surface area (Å²) in [5.74, 6) is -2.04. The van der Waals surface area contributed by atoms with Crippen LogP contribution in [0.15, 0.2) is 79.1 Å². The standard InChI is InChI=1S/C29H27ClN4O3/c1-18-12-19(10-11-23(18)31)15-33-17-32-24-16-34(26(29(36)37)14-25(24)33)28(35)27(20-6-3-2-4-7-20)21-8-5-9-22(30)13-21/h2-13,17,26-27H,14-16,31H2,1H3,(H,36,37). The number of carbonyl (C=O) groups is 2. The lowest BCUT2D eigenvalue weighted by molar-refractivity contribution is -0.151. The van der Waals surface area contributed by atoms with Crippen molar-refractivity contribution in [2.45, 2.75) is 38.4 Å². The van der Waals surface area contributed by atoms with E-state index in [-0.39, 0.29) is 18.9 Å². The van der Waals surface area contributed by atoms with Crippen molar-refractivity contribution >= 4 is 29.2 Å². The molecule has 2 atom stereocenters. The number of imidazole rings is 1. The van der Waals surface area contributed by atoms with Gasteiger partial charge in [0.15, 0.2) is 0 Å². The molecule has 0 spiro atoms. The topological polar surface area (TPSA) is 101 Å². The molecule has 3 aromatic carbocycles. The first-order valence-electron chi connectivity index (χ1n) is 12.0. The maximum atomic E-state index is 14.1. The van der Waals surface area contributed by atoms with Gasteiger partial charge in [0, 0.05) is 29.4 Å². The Morgan fingerprint density at radius 2 is 1.84 bits per heavy atom. The third-order valence-electron chi connectivity index (χ3n) is 6.93. The Labute approximate surface area is 220 Å². The van der Waals surface area contributed by atoms with E-state index in [0.717, 1.165) is 28.1 Å². The lowest BCUT2D eigenvalue weighted by Gasteiger charge is -2.35. The average molecular weight is 515 g/mol. The summed E-state index contributed by atoms with van der Waals surface area (Å²) in [4.78, 5) is 32.5. The number of aryl methyl sites for hydroxylation is 1. The Kier molecular flexibility index (Phi) is 6.72. The van der Waals surface area contributed by atoms with Gasteiger partial charge < -0.3 is 20.3 Å². The van der Waals surface area contributed by atoms with Crippen molar-refractivity contribution in [2.75, 3.05) is 5.73 Å². The number of aromatic nitrogens is 2. The quantitative estimate of drug-likeness (QED) is 0.365. The number of fused-ring (bicyclic) bond motifs is 1. The van der Waals surface area contributed by atoms with Crippen molar-refractivity contribution in [3.8, 4) is 0 Å². The highest BCUT2D eigenvalue weighted by Crippen LogP contribution is 2.33. The summed E-state index contributed by atoms with van der Waals surface area (Å²) in [5.41, 5.74) is 11.7. The van der Waals surface area contributed by atoms with Crippen LogP contribution >= 0.6 is 11.6 Å². The highest BCUT2D eigenvalue weighted by molar-refractivity contribution is 6.30. The largest absolute Gasteiger partial charge is 0.480 e. The maximum absolute atomic E-state index is 14.1. The van der Waals surface area contributed by atoms with Gasteiger partial charge in [-0.2, -0.15) is 0 Å². The third-order valence-corrected chi connectivity index (χ3v) is 7.17. The number of hydrogen-bond acceptors (Lipinski definition) is 4. The van der Waals surface area contributed by atoms with Gasteiger partial charge in [0.1, 0.15) is 6.04 Å². The number of benzene rings is 3. The first kappa shape index (κ1) is 24.6. The Morgan fingerprint density at radius 3 is 2.54 bits per heavy atom. The molecule has 1 aliphatic rings. The molecule has 5 rings (SSSR count). The van der Waals surface area contributed by atoms with Crippen LogP contribution < -0.4 is 5.73 Å². The molecular formula is C29H27ClN4O3. The zero-order valence-electron chi connectivity index (χ0n) is 20.3. The summed E-state index contributed by atoms with van der Waals surface area (Å²) in [7, 11) is 0. The van der Waals surface area contributed by atoms with Gasteiger partial charge in [0.25, 0.3) is 0 Å². The molecular weight excluding hydrogens is 488 g/mol. The van der Waals surface area contributed by atoms with E-state index < -0.39 is 17.9 Å². The summed E-state index contributed by atoms with van der Waals surface area (Å²) >= 11 is 6.26. The molecule has 188 valence electrons. The number of anilines is 1. The van der Waals surface area contributed by atoms with Crippen molar-refractivity contribution in [1.29, 1.82) is 0 Å². The lowest BCUT2D eigenvalue weighted by Crippen LogP contribution is -2.50. The second-order valence-corrected chi connectivity index (χ2v) is 9.82. The van der Waals surface area contributed by atoms with Crippen LogP contribution in [0.1, 0.15) is 39.6 Å². The van der Waals surface area contributed by atoms with Gasteiger partial charge in [-0.15, -0.1) is 0 Å². The summed E-state index contributed by atoms with van der Waals surface area (Å²) in [6.45, 7) is 2.61. The number of aliphatic carboxylic acids is 1. The molecule has 3 N–H and O–H groups in total. The van der Waals surface area contributed by atoms with Gasteiger partial charge in [-0.05, 0) is 47.4 Å². The molecule has 1 aliphatic heterocycles. The summed E-state index contributed by atoms with van der Waals surface area (Å²) in [6.07, 6.45) is 1.89. The van der Waals surface area contributed by atoms with Crippen LogP contribution in [0.3, 0.4) is 0 Å². The minimum absolute atomic E-state index is 0.114. The fourth-order valence-corrected chi connectivity index (χ4v) is 5.18. The van der Waals surface area contributed by atoms with Crippen LogP contribution in [0.2, 0.25) is 5.02 Å². The number of nitrogens with two attached hydrogens (primary N) is 1. The van der Waals surface area contributed by atoms with Gasteiger partial charge >= 0.3 is 5.97 Å². The predicted octanol–water partition coefficient (Wildman–Crippen LogP) is 4.65. The minimum atomic E-state index is -1.05. The Balaban J connectivity index is 1.49. The van der Waals surface area contributed by atoms with E-state index in [1.165, 1.54) is 4.90 Å². The minimum Gasteiger partial charge on any atom is -0.480 e. The van der Waals surface area contributed by atoms with Gasteiger partial charge in [-0.1, -0.05) is 66.2 Å². The molecule has 0 aliphatic carbocycles. The van der Waals surface area contributed by atoms with Gasteiger partial charge in [0.2, 0.25) is 5.91 Å². The third kappa shape index (κ3) is 4.95. The number of hydrogen-bond donors (Lipinski definition) is 2. The number of nitrogens with zero attached hydrogens (tertiary/aromatic N) is 3. The number of nitrogen functional groups attached to an aromatic ring is 1. The van der Waals surface area contributed by atoms with Crippen molar-refractivity contribution < 1.29 is 14.7 Å². The van der Waals surface area contributed by atoms with E-state index in [4.69, 9.17) is 17.3 Å². The van der Waals surface area contributed by atoms with Gasteiger partial charge in [-0.3, -0.25) is 4.79 Å². The SMILES string of the molecule is Cc1cc(Cn2cnc3c2CC(C(=O)O)N(C(=O)C(c2ccccc2)c2cccc(Cl)c2)C3)ccc1N. The van der Waals surface area contributed by atoms with E-state index in [2.05, 4.69) is 4.98 Å². The van der Waals surface area contributed by atoms with Crippen molar-refractivity contribution in [1.82, 2.24) is 14.5 Å². The summed E-state index contributed by atoms with van der Waals surface area (Å²) < 4.78 is 1.96. The molecule has 0 fully saturated rings. The second-order valence-electron chi connectivity index (χ2n) is 9.38. The zero-order valence-corrected chi connectivity index (χ0v) is 21.1. The molecule has 2 unspecified atom stereocenters. The van der Waals surface area contributed by atoms with Crippen LogP contribution in [0.5, 0.6) is 0 Å². The highest BCUT2D eigenvalue weighted by Gasteiger charge is 2.40. The Hall–Kier alpha value is -4.10. The van der Waals surface area contributed by atoms with Gasteiger partial charge in [0.05, 0.1) is 24.5 Å². The van der Waals surface area contributed by atoms with Crippen LogP contribution in [-0.4, -0.2) is 37.5 Å². The number of rotatable bonds is 6. The van der Waals surface area contributed by atoms with E-state index >= 15 is 0 Å². The van der Waals surface area contributed by atoms with E-state index in [1.54, 1.807) is 24.5 Å². The average Bonchev–Trinajstić information content (AvgIpc) is 3.28. The Morgan fingerprint density at radius 1 is 1.08 bits per heavy atom. The summed E-state index contributed by atoms with van der Waals surface area (Å²) in [6, 6.07) is 21.3. The molecule has 4 aromatic rings. The molecule has 2 heterocycles.